The second kappa shape index (κ2) is 65.4. The highest BCUT2D eigenvalue weighted by Crippen LogP contribution is 2.45. The smallest absolute Gasteiger partial charge is 0.462 e. The largest absolute Gasteiger partial charge is 0.472 e. The summed E-state index contributed by atoms with van der Waals surface area (Å²) in [4.78, 5) is 72.7. The fraction of sp³-hybridized carbons (Fsp3) is 0.947. The third kappa shape index (κ3) is 70.3. The second-order valence-corrected chi connectivity index (χ2v) is 32.2. The van der Waals surface area contributed by atoms with Crippen LogP contribution in [0.25, 0.3) is 0 Å². The lowest BCUT2D eigenvalue weighted by molar-refractivity contribution is -0.161. The molecule has 0 aromatic rings. The molecule has 19 heteroatoms. The van der Waals surface area contributed by atoms with Crippen molar-refractivity contribution in [2.45, 2.75) is 401 Å². The quantitative estimate of drug-likeness (QED) is 0.0222. The van der Waals surface area contributed by atoms with Crippen LogP contribution in [0.15, 0.2) is 0 Å². The van der Waals surface area contributed by atoms with Gasteiger partial charge in [0.05, 0.1) is 26.4 Å². The molecule has 0 bridgehead atoms. The van der Waals surface area contributed by atoms with Crippen LogP contribution in [0.3, 0.4) is 0 Å². The van der Waals surface area contributed by atoms with Crippen molar-refractivity contribution in [1.29, 1.82) is 0 Å². The summed E-state index contributed by atoms with van der Waals surface area (Å²) in [5.41, 5.74) is 0. The SMILES string of the molecule is CC(C)CCCCCCCCCCCCCCCCCCCCC(=O)O[C@H](COC(=O)CCCCCCCCCCCCCCC(C)C)COP(=O)(O)OCC(O)COP(=O)(O)OC[C@@H](COC(=O)CCCCCCCCCC(C)C)OC(=O)CCCCCCCCC(C)C. The Hall–Kier alpha value is -1.94. The predicted molar refractivity (Wildman–Crippen MR) is 386 cm³/mol. The van der Waals surface area contributed by atoms with Crippen LogP contribution in [0.1, 0.15) is 383 Å². The van der Waals surface area contributed by atoms with Crippen LogP contribution >= 0.6 is 15.6 Å². The van der Waals surface area contributed by atoms with Crippen molar-refractivity contribution in [3.8, 4) is 0 Å². The Bertz CT molecular complexity index is 1870. The molecular formula is C76H148O17P2. The standard InChI is InChI=1S/C76H148O17P2/c1-66(2)52-44-36-28-23-19-15-13-11-9-10-12-14-16-22-26-32-42-50-58-75(80)92-71(62-86-73(78)56-48-40-31-25-21-18-17-20-24-29-37-45-53-67(3)4)64-90-94(82,83)88-60-70(77)61-89-95(84,85)91-65-72(93-76(81)59-51-43-35-34-39-47-55-69(7)8)63-87-74(79)57-49-41-33-27-30-38-46-54-68(5)6/h66-72,77H,9-65H2,1-8H3,(H,82,83)(H,84,85)/t70?,71-,72-/m1/s1. The molecule has 0 amide bonds. The van der Waals surface area contributed by atoms with Gasteiger partial charge in [-0.25, -0.2) is 9.13 Å². The summed E-state index contributed by atoms with van der Waals surface area (Å²) in [6.07, 6.45) is 50.4. The van der Waals surface area contributed by atoms with Crippen LogP contribution < -0.4 is 0 Å². The van der Waals surface area contributed by atoms with Gasteiger partial charge >= 0.3 is 39.5 Å². The normalized spacial score (nSPS) is 14.1. The average Bonchev–Trinajstić information content (AvgIpc) is 2.46. The maximum atomic E-state index is 13.1. The molecule has 0 saturated heterocycles. The lowest BCUT2D eigenvalue weighted by Crippen LogP contribution is -2.30. The fourth-order valence-electron chi connectivity index (χ4n) is 11.6. The molecule has 0 aliphatic rings. The molecule has 95 heavy (non-hydrogen) atoms. The molecule has 0 aromatic heterocycles. The monoisotopic (exact) mass is 1400 g/mol. The summed E-state index contributed by atoms with van der Waals surface area (Å²) >= 11 is 0. The number of hydrogen-bond donors (Lipinski definition) is 3. The summed E-state index contributed by atoms with van der Waals surface area (Å²) in [7, 11) is -9.91. The number of aliphatic hydroxyl groups is 1. The molecule has 0 spiro atoms. The van der Waals surface area contributed by atoms with Crippen LogP contribution in [0, 0.1) is 23.7 Å². The zero-order valence-electron chi connectivity index (χ0n) is 62.3. The predicted octanol–water partition coefficient (Wildman–Crippen LogP) is 22.0. The van der Waals surface area contributed by atoms with Crippen LogP contribution in [-0.2, 0) is 65.4 Å². The van der Waals surface area contributed by atoms with Crippen molar-refractivity contribution in [2.24, 2.45) is 23.7 Å². The molecule has 3 unspecified atom stereocenters. The Balaban J connectivity index is 5.19. The van der Waals surface area contributed by atoms with Gasteiger partial charge < -0.3 is 33.8 Å². The van der Waals surface area contributed by atoms with E-state index < -0.39 is 97.5 Å². The number of esters is 4. The number of carbonyl (C=O) groups is 4. The van der Waals surface area contributed by atoms with Gasteiger partial charge in [-0.05, 0) is 49.4 Å². The van der Waals surface area contributed by atoms with Crippen molar-refractivity contribution < 1.29 is 80.2 Å². The maximum Gasteiger partial charge on any atom is 0.472 e. The number of carbonyl (C=O) groups excluding carboxylic acids is 4. The summed E-state index contributed by atoms with van der Waals surface area (Å²) < 4.78 is 68.4. The van der Waals surface area contributed by atoms with E-state index in [0.717, 1.165) is 108 Å². The molecule has 564 valence electrons. The Morgan fingerprint density at radius 2 is 0.442 bits per heavy atom. The third-order valence-electron chi connectivity index (χ3n) is 17.6. The van der Waals surface area contributed by atoms with E-state index in [1.54, 1.807) is 0 Å². The number of phosphoric ester groups is 2. The van der Waals surface area contributed by atoms with E-state index in [-0.39, 0.29) is 25.7 Å². The molecule has 0 saturated carbocycles. The van der Waals surface area contributed by atoms with Gasteiger partial charge in [0, 0.05) is 25.7 Å². The summed E-state index contributed by atoms with van der Waals surface area (Å²) in [5.74, 6) is 0.850. The number of ether oxygens (including phenoxy) is 4. The molecular weight excluding hydrogens is 1250 g/mol. The Morgan fingerprint density at radius 1 is 0.263 bits per heavy atom. The molecule has 17 nitrogen and oxygen atoms in total. The minimum absolute atomic E-state index is 0.101. The van der Waals surface area contributed by atoms with Crippen LogP contribution in [-0.4, -0.2) is 96.7 Å². The number of aliphatic hydroxyl groups excluding tert-OH is 1. The lowest BCUT2D eigenvalue weighted by Gasteiger charge is -2.21. The highest BCUT2D eigenvalue weighted by molar-refractivity contribution is 7.47. The second-order valence-electron chi connectivity index (χ2n) is 29.3. The Morgan fingerprint density at radius 3 is 0.653 bits per heavy atom. The number of rotatable bonds is 73. The average molecular weight is 1400 g/mol. The highest BCUT2D eigenvalue weighted by atomic mass is 31.2. The first-order valence-corrected chi connectivity index (χ1v) is 42.2. The van der Waals surface area contributed by atoms with E-state index in [9.17, 15) is 43.2 Å². The van der Waals surface area contributed by atoms with Crippen molar-refractivity contribution in [3.05, 3.63) is 0 Å². The van der Waals surface area contributed by atoms with E-state index in [1.165, 1.54) is 180 Å². The fourth-order valence-corrected chi connectivity index (χ4v) is 13.1. The zero-order valence-corrected chi connectivity index (χ0v) is 64.1. The molecule has 0 radical (unpaired) electrons. The third-order valence-corrected chi connectivity index (χ3v) is 19.5. The first-order chi connectivity index (χ1) is 45.6. The summed E-state index contributed by atoms with van der Waals surface area (Å²) in [5, 5.41) is 10.6. The molecule has 3 N–H and O–H groups in total. The maximum absolute atomic E-state index is 13.1. The Labute approximate surface area is 581 Å². The topological polar surface area (TPSA) is 237 Å². The van der Waals surface area contributed by atoms with Gasteiger partial charge in [-0.15, -0.1) is 0 Å². The highest BCUT2D eigenvalue weighted by Gasteiger charge is 2.30. The number of unbranched alkanes of at least 4 members (excludes halogenated alkanes) is 39. The number of phosphoric acid groups is 2. The lowest BCUT2D eigenvalue weighted by atomic mass is 10.0. The molecule has 0 aliphatic carbocycles. The first-order valence-electron chi connectivity index (χ1n) is 39.2. The van der Waals surface area contributed by atoms with Gasteiger partial charge in [-0.2, -0.15) is 0 Å². The molecule has 0 aromatic carbocycles. The molecule has 0 rings (SSSR count). The molecule has 0 heterocycles. The van der Waals surface area contributed by atoms with Gasteiger partial charge in [0.1, 0.15) is 19.3 Å². The number of hydrogen-bond acceptors (Lipinski definition) is 15. The van der Waals surface area contributed by atoms with Crippen LogP contribution in [0.2, 0.25) is 0 Å². The Kier molecular flexibility index (Phi) is 64.0. The van der Waals surface area contributed by atoms with E-state index in [1.807, 2.05) is 0 Å². The van der Waals surface area contributed by atoms with E-state index in [2.05, 4.69) is 55.4 Å². The molecule has 5 atom stereocenters. The van der Waals surface area contributed by atoms with Crippen molar-refractivity contribution in [3.63, 3.8) is 0 Å². The minimum atomic E-state index is -4.96. The van der Waals surface area contributed by atoms with Gasteiger partial charge in [0.15, 0.2) is 12.2 Å². The van der Waals surface area contributed by atoms with E-state index in [4.69, 9.17) is 37.0 Å². The van der Waals surface area contributed by atoms with E-state index in [0.29, 0.717) is 37.5 Å². The summed E-state index contributed by atoms with van der Waals surface area (Å²) in [6, 6.07) is 0. The van der Waals surface area contributed by atoms with E-state index >= 15 is 0 Å². The van der Waals surface area contributed by atoms with Crippen LogP contribution in [0.4, 0.5) is 0 Å². The molecule has 0 fully saturated rings. The zero-order chi connectivity index (χ0) is 70.3. The first kappa shape index (κ1) is 93.1. The molecule has 0 aliphatic heterocycles. The van der Waals surface area contributed by atoms with Crippen molar-refractivity contribution >= 4 is 39.5 Å². The van der Waals surface area contributed by atoms with Gasteiger partial charge in [0.2, 0.25) is 0 Å². The summed E-state index contributed by atoms with van der Waals surface area (Å²) in [6.45, 7) is 14.1. The van der Waals surface area contributed by atoms with Crippen LogP contribution in [0.5, 0.6) is 0 Å². The van der Waals surface area contributed by atoms with Gasteiger partial charge in [-0.3, -0.25) is 37.3 Å². The van der Waals surface area contributed by atoms with Gasteiger partial charge in [-0.1, -0.05) is 331 Å². The van der Waals surface area contributed by atoms with Crippen molar-refractivity contribution in [1.82, 2.24) is 0 Å². The minimum Gasteiger partial charge on any atom is -0.462 e. The van der Waals surface area contributed by atoms with Crippen molar-refractivity contribution in [2.75, 3.05) is 39.6 Å². The van der Waals surface area contributed by atoms with Gasteiger partial charge in [0.25, 0.3) is 0 Å².